The summed E-state index contributed by atoms with van der Waals surface area (Å²) >= 11 is 5.78. The second-order valence-corrected chi connectivity index (χ2v) is 5.39. The van der Waals surface area contributed by atoms with Gasteiger partial charge in [-0.2, -0.15) is 0 Å². The molecule has 18 heavy (non-hydrogen) atoms. The molecule has 0 spiro atoms. The molecule has 0 aromatic heterocycles. The number of aryl methyl sites for hydroxylation is 2. The van der Waals surface area contributed by atoms with Gasteiger partial charge in [0, 0.05) is 11.9 Å². The fourth-order valence-electron chi connectivity index (χ4n) is 1.68. The first kappa shape index (κ1) is 15.0. The standard InChI is InChI=1S/C15H22ClNO/c1-10-5-6-14(7-11(10)2)8-15(18)17-13(4)12(3)9-16/h5-7,12-13H,8-9H2,1-4H3,(H,17,18). The second kappa shape index (κ2) is 6.79. The van der Waals surface area contributed by atoms with E-state index in [1.54, 1.807) is 0 Å². The van der Waals surface area contributed by atoms with Crippen LogP contribution in [-0.2, 0) is 11.2 Å². The molecular weight excluding hydrogens is 246 g/mol. The minimum atomic E-state index is 0.0581. The average Bonchev–Trinajstić information content (AvgIpc) is 2.32. The molecule has 1 rings (SSSR count). The van der Waals surface area contributed by atoms with Crippen LogP contribution in [0.1, 0.15) is 30.5 Å². The topological polar surface area (TPSA) is 29.1 Å². The van der Waals surface area contributed by atoms with Gasteiger partial charge < -0.3 is 5.32 Å². The van der Waals surface area contributed by atoms with Crippen molar-refractivity contribution < 1.29 is 4.79 Å². The Kier molecular flexibility index (Phi) is 5.67. The molecule has 0 fully saturated rings. The summed E-state index contributed by atoms with van der Waals surface area (Å²) < 4.78 is 0. The molecule has 0 heterocycles. The van der Waals surface area contributed by atoms with Gasteiger partial charge in [0.2, 0.25) is 5.91 Å². The van der Waals surface area contributed by atoms with Crippen LogP contribution < -0.4 is 5.32 Å². The van der Waals surface area contributed by atoms with E-state index in [1.165, 1.54) is 11.1 Å². The van der Waals surface area contributed by atoms with E-state index in [2.05, 4.69) is 31.3 Å². The quantitative estimate of drug-likeness (QED) is 0.816. The Morgan fingerprint density at radius 3 is 2.50 bits per heavy atom. The number of halogens is 1. The Hall–Kier alpha value is -1.02. The van der Waals surface area contributed by atoms with Crippen molar-refractivity contribution in [1.82, 2.24) is 5.32 Å². The molecule has 0 aliphatic carbocycles. The van der Waals surface area contributed by atoms with Crippen molar-refractivity contribution in [2.75, 3.05) is 5.88 Å². The van der Waals surface area contributed by atoms with Crippen LogP contribution in [0, 0.1) is 19.8 Å². The van der Waals surface area contributed by atoms with Crippen LogP contribution >= 0.6 is 11.6 Å². The number of amides is 1. The smallest absolute Gasteiger partial charge is 0.224 e. The van der Waals surface area contributed by atoms with E-state index in [1.807, 2.05) is 19.9 Å². The number of carbonyl (C=O) groups excluding carboxylic acids is 1. The highest BCUT2D eigenvalue weighted by Gasteiger charge is 2.14. The Morgan fingerprint density at radius 2 is 1.94 bits per heavy atom. The maximum absolute atomic E-state index is 11.9. The average molecular weight is 268 g/mol. The molecule has 1 aromatic carbocycles. The van der Waals surface area contributed by atoms with Gasteiger partial charge in [-0.3, -0.25) is 4.79 Å². The normalized spacial score (nSPS) is 14.1. The van der Waals surface area contributed by atoms with Gasteiger partial charge in [-0.15, -0.1) is 11.6 Å². The summed E-state index contributed by atoms with van der Waals surface area (Å²) in [6.45, 7) is 8.16. The minimum Gasteiger partial charge on any atom is -0.353 e. The van der Waals surface area contributed by atoms with Gasteiger partial charge in [-0.1, -0.05) is 25.1 Å². The van der Waals surface area contributed by atoms with Crippen LogP contribution in [0.5, 0.6) is 0 Å². The number of hydrogen-bond donors (Lipinski definition) is 1. The fourth-order valence-corrected chi connectivity index (χ4v) is 1.95. The van der Waals surface area contributed by atoms with Crippen molar-refractivity contribution in [3.8, 4) is 0 Å². The number of rotatable bonds is 5. The van der Waals surface area contributed by atoms with E-state index in [-0.39, 0.29) is 17.9 Å². The van der Waals surface area contributed by atoms with Crippen LogP contribution in [0.4, 0.5) is 0 Å². The lowest BCUT2D eigenvalue weighted by molar-refractivity contribution is -0.121. The fraction of sp³-hybridized carbons (Fsp3) is 0.533. The van der Waals surface area contributed by atoms with E-state index in [0.717, 1.165) is 5.56 Å². The molecule has 3 heteroatoms. The molecule has 0 saturated carbocycles. The van der Waals surface area contributed by atoms with Crippen LogP contribution in [0.3, 0.4) is 0 Å². The third-order valence-electron chi connectivity index (χ3n) is 3.42. The van der Waals surface area contributed by atoms with Gasteiger partial charge >= 0.3 is 0 Å². The van der Waals surface area contributed by atoms with E-state index in [9.17, 15) is 4.79 Å². The first-order chi connectivity index (χ1) is 8.43. The number of alkyl halides is 1. The molecular formula is C15H22ClNO. The molecule has 0 aliphatic heterocycles. The highest BCUT2D eigenvalue weighted by molar-refractivity contribution is 6.18. The predicted octanol–water partition coefficient (Wildman–Crippen LogP) is 3.23. The van der Waals surface area contributed by atoms with Crippen molar-refractivity contribution in [2.45, 2.75) is 40.2 Å². The molecule has 1 N–H and O–H groups in total. The summed E-state index contributed by atoms with van der Waals surface area (Å²) in [5, 5.41) is 2.99. The van der Waals surface area contributed by atoms with Gasteiger partial charge in [-0.25, -0.2) is 0 Å². The van der Waals surface area contributed by atoms with Crippen LogP contribution in [0.25, 0.3) is 0 Å². The summed E-state index contributed by atoms with van der Waals surface area (Å²) in [4.78, 5) is 11.9. The molecule has 2 unspecified atom stereocenters. The lowest BCUT2D eigenvalue weighted by Crippen LogP contribution is -2.38. The van der Waals surface area contributed by atoms with Crippen molar-refractivity contribution in [3.63, 3.8) is 0 Å². The number of benzene rings is 1. The molecule has 100 valence electrons. The van der Waals surface area contributed by atoms with Crippen molar-refractivity contribution in [3.05, 3.63) is 34.9 Å². The molecule has 0 saturated heterocycles. The number of nitrogens with one attached hydrogen (secondary N) is 1. The largest absolute Gasteiger partial charge is 0.353 e. The van der Waals surface area contributed by atoms with Crippen LogP contribution in [-0.4, -0.2) is 17.8 Å². The van der Waals surface area contributed by atoms with E-state index in [0.29, 0.717) is 12.3 Å². The van der Waals surface area contributed by atoms with E-state index < -0.39 is 0 Å². The van der Waals surface area contributed by atoms with Crippen molar-refractivity contribution >= 4 is 17.5 Å². The lowest BCUT2D eigenvalue weighted by atomic mass is 10.0. The Morgan fingerprint density at radius 1 is 1.28 bits per heavy atom. The zero-order valence-electron chi connectivity index (χ0n) is 11.6. The zero-order chi connectivity index (χ0) is 13.7. The first-order valence-electron chi connectivity index (χ1n) is 6.35. The Labute approximate surface area is 115 Å². The number of carbonyl (C=O) groups is 1. The molecule has 2 nitrogen and oxygen atoms in total. The minimum absolute atomic E-state index is 0.0581. The summed E-state index contributed by atoms with van der Waals surface area (Å²) in [7, 11) is 0. The molecule has 0 radical (unpaired) electrons. The second-order valence-electron chi connectivity index (χ2n) is 5.08. The SMILES string of the molecule is Cc1ccc(CC(=O)NC(C)C(C)CCl)cc1C. The summed E-state index contributed by atoms with van der Waals surface area (Å²) in [5.74, 6) is 0.906. The third-order valence-corrected chi connectivity index (χ3v) is 3.91. The van der Waals surface area contributed by atoms with Crippen molar-refractivity contribution in [1.29, 1.82) is 0 Å². The maximum atomic E-state index is 11.9. The van der Waals surface area contributed by atoms with Gasteiger partial charge in [0.25, 0.3) is 0 Å². The lowest BCUT2D eigenvalue weighted by Gasteiger charge is -2.19. The van der Waals surface area contributed by atoms with Crippen molar-refractivity contribution in [2.24, 2.45) is 5.92 Å². The van der Waals surface area contributed by atoms with Gasteiger partial charge in [0.1, 0.15) is 0 Å². The Balaban J connectivity index is 2.57. The molecule has 1 aromatic rings. The third kappa shape index (κ3) is 4.34. The molecule has 1 amide bonds. The molecule has 0 bridgehead atoms. The monoisotopic (exact) mass is 267 g/mol. The maximum Gasteiger partial charge on any atom is 0.224 e. The summed E-state index contributed by atoms with van der Waals surface area (Å²) in [6.07, 6.45) is 0.431. The van der Waals surface area contributed by atoms with E-state index in [4.69, 9.17) is 11.6 Å². The van der Waals surface area contributed by atoms with Crippen LogP contribution in [0.2, 0.25) is 0 Å². The highest BCUT2D eigenvalue weighted by Crippen LogP contribution is 2.11. The first-order valence-corrected chi connectivity index (χ1v) is 6.89. The summed E-state index contributed by atoms with van der Waals surface area (Å²) in [6, 6.07) is 6.26. The molecule has 0 aliphatic rings. The summed E-state index contributed by atoms with van der Waals surface area (Å²) in [5.41, 5.74) is 3.53. The number of hydrogen-bond acceptors (Lipinski definition) is 1. The van der Waals surface area contributed by atoms with Gasteiger partial charge in [0.15, 0.2) is 0 Å². The highest BCUT2D eigenvalue weighted by atomic mass is 35.5. The van der Waals surface area contributed by atoms with E-state index >= 15 is 0 Å². The van der Waals surface area contributed by atoms with Gasteiger partial charge in [0.05, 0.1) is 6.42 Å². The van der Waals surface area contributed by atoms with Gasteiger partial charge in [-0.05, 0) is 43.4 Å². The Bertz CT molecular complexity index is 417. The molecule has 2 atom stereocenters. The van der Waals surface area contributed by atoms with Crippen LogP contribution in [0.15, 0.2) is 18.2 Å². The zero-order valence-corrected chi connectivity index (χ0v) is 12.3. The predicted molar refractivity (Wildman–Crippen MR) is 77.1 cm³/mol.